The van der Waals surface area contributed by atoms with Crippen LogP contribution in [0.3, 0.4) is 0 Å². The van der Waals surface area contributed by atoms with Crippen molar-refractivity contribution in [3.8, 4) is 0 Å². The largest absolute Gasteiger partial charge is 0.467 e. The van der Waals surface area contributed by atoms with Crippen molar-refractivity contribution in [2.45, 2.75) is 13.1 Å². The van der Waals surface area contributed by atoms with Gasteiger partial charge in [-0.15, -0.1) is 0 Å². The number of carbonyl (C=O) groups is 2. The summed E-state index contributed by atoms with van der Waals surface area (Å²) in [4.78, 5) is 25.9. The first-order chi connectivity index (χ1) is 15.6. The lowest BCUT2D eigenvalue weighted by Gasteiger charge is -2.16. The number of amides is 2. The molecule has 5 rings (SSSR count). The Labute approximate surface area is 182 Å². The maximum atomic E-state index is 13.5. The van der Waals surface area contributed by atoms with Crippen LogP contribution in [0, 0.1) is 5.82 Å². The third-order valence-electron chi connectivity index (χ3n) is 5.32. The molecular weight excluding hydrogens is 411 g/mol. The average Bonchev–Trinajstić information content (AvgIpc) is 3.42. The van der Waals surface area contributed by atoms with Crippen LogP contribution < -0.4 is 5.32 Å². The highest BCUT2D eigenvalue weighted by atomic mass is 19.1. The van der Waals surface area contributed by atoms with Gasteiger partial charge in [-0.3, -0.25) is 9.59 Å². The van der Waals surface area contributed by atoms with Crippen LogP contribution in [0.1, 0.15) is 21.8 Å². The minimum absolute atomic E-state index is 0.211. The molecule has 7 nitrogen and oxygen atoms in total. The molecule has 0 fully saturated rings. The molecule has 1 N–H and O–H groups in total. The Morgan fingerprint density at radius 3 is 2.69 bits per heavy atom. The molecule has 0 saturated heterocycles. The summed E-state index contributed by atoms with van der Waals surface area (Å²) in [6.45, 7) is 0.263. The number of furan rings is 1. The number of aromatic nitrogens is 1. The van der Waals surface area contributed by atoms with Crippen LogP contribution in [0.2, 0.25) is 0 Å². The van der Waals surface area contributed by atoms with Crippen molar-refractivity contribution < 1.29 is 18.4 Å². The van der Waals surface area contributed by atoms with Gasteiger partial charge in [-0.2, -0.15) is 5.10 Å². The van der Waals surface area contributed by atoms with Crippen LogP contribution in [0.25, 0.3) is 10.9 Å². The molecule has 1 aliphatic heterocycles. The molecule has 0 bridgehead atoms. The van der Waals surface area contributed by atoms with Gasteiger partial charge < -0.3 is 14.3 Å². The first kappa shape index (κ1) is 19.7. The number of carbonyl (C=O) groups excluding carboxylic acids is 2. The molecule has 160 valence electrons. The molecule has 3 heterocycles. The number of hydrogen-bond donors (Lipinski definition) is 1. The Balaban J connectivity index is 1.50. The second-order valence-corrected chi connectivity index (χ2v) is 7.45. The number of fused-ring (bicyclic) bond motifs is 3. The van der Waals surface area contributed by atoms with Crippen molar-refractivity contribution in [3.63, 3.8) is 0 Å². The zero-order valence-corrected chi connectivity index (χ0v) is 17.0. The van der Waals surface area contributed by atoms with Gasteiger partial charge in [-0.05, 0) is 42.0 Å². The van der Waals surface area contributed by atoms with Crippen molar-refractivity contribution in [1.82, 2.24) is 14.9 Å². The molecule has 1 aliphatic rings. The fourth-order valence-corrected chi connectivity index (χ4v) is 3.75. The van der Waals surface area contributed by atoms with Crippen molar-refractivity contribution in [2.75, 3.05) is 6.54 Å². The minimum atomic E-state index is -0.383. The lowest BCUT2D eigenvalue weighted by atomic mass is 10.1. The normalized spacial score (nSPS) is 13.6. The van der Waals surface area contributed by atoms with Gasteiger partial charge in [-0.1, -0.05) is 30.3 Å². The number of halogens is 1. The maximum Gasteiger partial charge on any atom is 0.291 e. The third kappa shape index (κ3) is 3.78. The van der Waals surface area contributed by atoms with Crippen LogP contribution in [0.5, 0.6) is 0 Å². The van der Waals surface area contributed by atoms with E-state index in [0.717, 1.165) is 15.9 Å². The Hall–Kier alpha value is -4.20. The van der Waals surface area contributed by atoms with Gasteiger partial charge in [-0.25, -0.2) is 9.40 Å². The molecule has 0 atom stereocenters. The summed E-state index contributed by atoms with van der Waals surface area (Å²) in [5.41, 5.74) is 2.55. The van der Waals surface area contributed by atoms with Crippen LogP contribution >= 0.6 is 0 Å². The van der Waals surface area contributed by atoms with Gasteiger partial charge >= 0.3 is 0 Å². The molecule has 0 unspecified atom stereocenters. The number of nitrogens with zero attached hydrogens (tertiary/aromatic N) is 3. The summed E-state index contributed by atoms with van der Waals surface area (Å²) >= 11 is 0. The molecule has 0 saturated carbocycles. The molecule has 2 aromatic carbocycles. The monoisotopic (exact) mass is 430 g/mol. The van der Waals surface area contributed by atoms with Crippen LogP contribution in [0.15, 0.2) is 82.5 Å². The smallest absolute Gasteiger partial charge is 0.291 e. The Morgan fingerprint density at radius 1 is 1.09 bits per heavy atom. The van der Waals surface area contributed by atoms with E-state index in [4.69, 9.17) is 4.42 Å². The predicted molar refractivity (Wildman–Crippen MR) is 116 cm³/mol. The first-order valence-electron chi connectivity index (χ1n) is 10.1. The van der Waals surface area contributed by atoms with Crippen molar-refractivity contribution in [3.05, 3.63) is 95.8 Å². The number of rotatable bonds is 5. The number of hydrazone groups is 1. The van der Waals surface area contributed by atoms with E-state index >= 15 is 0 Å². The summed E-state index contributed by atoms with van der Waals surface area (Å²) in [5.74, 6) is -0.510. The molecular formula is C24H19FN4O3. The quantitative estimate of drug-likeness (QED) is 0.526. The molecule has 2 aromatic heterocycles. The molecule has 0 radical (unpaired) electrons. The second kappa shape index (κ2) is 8.14. The standard InChI is InChI=1S/C24H19FN4O3/c25-18-9-7-16(8-10-18)20-14-28-21-6-2-1-4-17(21)12-22(28)24(31)29(27-20)15-23(30)26-13-19-5-3-11-32-19/h1-12H,13-15H2,(H,26,30). The van der Waals surface area contributed by atoms with E-state index in [0.29, 0.717) is 29.3 Å². The van der Waals surface area contributed by atoms with Crippen LogP contribution in [0.4, 0.5) is 4.39 Å². The van der Waals surface area contributed by atoms with Crippen molar-refractivity contribution in [2.24, 2.45) is 5.10 Å². The van der Waals surface area contributed by atoms with E-state index in [9.17, 15) is 14.0 Å². The fourth-order valence-electron chi connectivity index (χ4n) is 3.75. The number of benzene rings is 2. The topological polar surface area (TPSA) is 79.8 Å². The van der Waals surface area contributed by atoms with Crippen molar-refractivity contribution in [1.29, 1.82) is 0 Å². The maximum absolute atomic E-state index is 13.5. The Bertz CT molecular complexity index is 1320. The zero-order valence-electron chi connectivity index (χ0n) is 17.0. The fraction of sp³-hybridized carbons (Fsp3) is 0.125. The van der Waals surface area contributed by atoms with E-state index in [1.807, 2.05) is 28.8 Å². The Morgan fingerprint density at radius 2 is 1.91 bits per heavy atom. The molecule has 0 spiro atoms. The van der Waals surface area contributed by atoms with Gasteiger partial charge in [0.05, 0.1) is 25.1 Å². The SMILES string of the molecule is O=C(CN1N=C(c2ccc(F)cc2)Cn2c(cc3ccccc32)C1=O)NCc1ccco1. The van der Waals surface area contributed by atoms with Gasteiger partial charge in [0, 0.05) is 10.9 Å². The molecule has 4 aromatic rings. The highest BCUT2D eigenvalue weighted by molar-refractivity contribution is 6.07. The van der Waals surface area contributed by atoms with E-state index in [-0.39, 0.29) is 30.7 Å². The Kier molecular flexibility index (Phi) is 5.03. The van der Waals surface area contributed by atoms with Crippen molar-refractivity contribution >= 4 is 28.4 Å². The summed E-state index contributed by atoms with van der Waals surface area (Å²) in [5, 5.41) is 9.32. The van der Waals surface area contributed by atoms with E-state index in [2.05, 4.69) is 10.4 Å². The highest BCUT2D eigenvalue weighted by Gasteiger charge is 2.28. The van der Waals surface area contributed by atoms with Gasteiger partial charge in [0.25, 0.3) is 5.91 Å². The van der Waals surface area contributed by atoms with Crippen LogP contribution in [-0.4, -0.2) is 33.6 Å². The molecule has 2 amide bonds. The second-order valence-electron chi connectivity index (χ2n) is 7.45. The minimum Gasteiger partial charge on any atom is -0.467 e. The molecule has 8 heteroatoms. The predicted octanol–water partition coefficient (Wildman–Crippen LogP) is 3.55. The molecule has 32 heavy (non-hydrogen) atoms. The van der Waals surface area contributed by atoms with E-state index < -0.39 is 0 Å². The van der Waals surface area contributed by atoms with Gasteiger partial charge in [0.1, 0.15) is 23.8 Å². The lowest BCUT2D eigenvalue weighted by Crippen LogP contribution is -2.37. The summed E-state index contributed by atoms with van der Waals surface area (Å²) in [6.07, 6.45) is 1.53. The number of hydrogen-bond acceptors (Lipinski definition) is 4. The van der Waals surface area contributed by atoms with Gasteiger partial charge in [0.15, 0.2) is 0 Å². The van der Waals surface area contributed by atoms with E-state index in [1.54, 1.807) is 30.3 Å². The summed E-state index contributed by atoms with van der Waals surface area (Å²) in [7, 11) is 0. The third-order valence-corrected chi connectivity index (χ3v) is 5.32. The van der Waals surface area contributed by atoms with E-state index in [1.165, 1.54) is 18.4 Å². The average molecular weight is 430 g/mol. The lowest BCUT2D eigenvalue weighted by molar-refractivity contribution is -0.122. The summed E-state index contributed by atoms with van der Waals surface area (Å²) < 4.78 is 20.6. The van der Waals surface area contributed by atoms with Gasteiger partial charge in [0.2, 0.25) is 5.91 Å². The number of nitrogens with one attached hydrogen (secondary N) is 1. The van der Waals surface area contributed by atoms with Crippen LogP contribution in [-0.2, 0) is 17.9 Å². The summed E-state index contributed by atoms with van der Waals surface area (Å²) in [6, 6.07) is 18.9. The first-order valence-corrected chi connectivity index (χ1v) is 10.1. The zero-order chi connectivity index (χ0) is 22.1. The number of para-hydroxylation sites is 1. The highest BCUT2D eigenvalue weighted by Crippen LogP contribution is 2.24. The molecule has 0 aliphatic carbocycles.